The van der Waals surface area contributed by atoms with Crippen LogP contribution in [0, 0.1) is 0 Å². The second-order valence-corrected chi connectivity index (χ2v) is 9.77. The van der Waals surface area contributed by atoms with E-state index in [0.717, 1.165) is 21.7 Å². The molecule has 0 saturated carbocycles. The number of nitrogens with one attached hydrogen (secondary N) is 1. The van der Waals surface area contributed by atoms with Crippen LogP contribution in [0.1, 0.15) is 30.9 Å². The van der Waals surface area contributed by atoms with Crippen LogP contribution in [-0.4, -0.2) is 27.1 Å². The van der Waals surface area contributed by atoms with Crippen LogP contribution in [0.4, 0.5) is 11.4 Å². The maximum atomic E-state index is 12.5. The molecule has 0 fully saturated rings. The second kappa shape index (κ2) is 10.3. The molecule has 0 atom stereocenters. The molecule has 0 aromatic heterocycles. The van der Waals surface area contributed by atoms with Gasteiger partial charge >= 0.3 is 0 Å². The first-order chi connectivity index (χ1) is 15.2. The Balaban J connectivity index is 1.66. The summed E-state index contributed by atoms with van der Waals surface area (Å²) in [7, 11) is -3.66. The molecule has 0 bridgehead atoms. The van der Waals surface area contributed by atoms with Crippen molar-refractivity contribution in [1.82, 2.24) is 0 Å². The number of ether oxygens (including phenoxy) is 1. The minimum atomic E-state index is -3.66. The standard InChI is InChI=1S/C25H28N2O4S/c1-19(2)21-9-11-22(12-10-21)26-25(28)17-27(32(3,29)30)23-13-15-24(16-14-23)31-18-20-7-5-4-6-8-20/h4-16,19H,17-18H2,1-3H3,(H,26,28). The monoisotopic (exact) mass is 452 g/mol. The number of amides is 1. The van der Waals surface area contributed by atoms with Gasteiger partial charge < -0.3 is 10.1 Å². The van der Waals surface area contributed by atoms with Gasteiger partial charge in [-0.25, -0.2) is 8.42 Å². The van der Waals surface area contributed by atoms with Crippen molar-refractivity contribution >= 4 is 27.3 Å². The summed E-state index contributed by atoms with van der Waals surface area (Å²) >= 11 is 0. The van der Waals surface area contributed by atoms with Gasteiger partial charge in [0.1, 0.15) is 18.9 Å². The van der Waals surface area contributed by atoms with Crippen LogP contribution in [0.15, 0.2) is 78.9 Å². The van der Waals surface area contributed by atoms with E-state index >= 15 is 0 Å². The largest absolute Gasteiger partial charge is 0.489 e. The van der Waals surface area contributed by atoms with Gasteiger partial charge in [-0.2, -0.15) is 0 Å². The molecule has 1 amide bonds. The Bertz CT molecular complexity index is 1130. The summed E-state index contributed by atoms with van der Waals surface area (Å²) in [5.41, 5.74) is 3.21. The number of carbonyl (C=O) groups excluding carboxylic acids is 1. The Morgan fingerprint density at radius 2 is 1.56 bits per heavy atom. The van der Waals surface area contributed by atoms with E-state index in [0.29, 0.717) is 29.6 Å². The van der Waals surface area contributed by atoms with Crippen LogP contribution < -0.4 is 14.4 Å². The maximum absolute atomic E-state index is 12.5. The van der Waals surface area contributed by atoms with E-state index in [-0.39, 0.29) is 6.54 Å². The Morgan fingerprint density at radius 1 is 0.938 bits per heavy atom. The average Bonchev–Trinajstić information content (AvgIpc) is 2.77. The predicted octanol–water partition coefficient (Wildman–Crippen LogP) is 4.79. The first-order valence-electron chi connectivity index (χ1n) is 10.4. The highest BCUT2D eigenvalue weighted by atomic mass is 32.2. The summed E-state index contributed by atoms with van der Waals surface area (Å²) in [6, 6.07) is 23.9. The minimum Gasteiger partial charge on any atom is -0.489 e. The number of hydrogen-bond acceptors (Lipinski definition) is 4. The summed E-state index contributed by atoms with van der Waals surface area (Å²) in [5, 5.41) is 2.76. The van der Waals surface area contributed by atoms with Crippen LogP contribution in [0.2, 0.25) is 0 Å². The van der Waals surface area contributed by atoms with E-state index in [1.54, 1.807) is 24.3 Å². The molecular weight excluding hydrogens is 424 g/mol. The fourth-order valence-corrected chi connectivity index (χ4v) is 3.99. The van der Waals surface area contributed by atoms with Crippen LogP contribution in [0.3, 0.4) is 0 Å². The van der Waals surface area contributed by atoms with Crippen molar-refractivity contribution in [2.75, 3.05) is 22.4 Å². The van der Waals surface area contributed by atoms with E-state index in [4.69, 9.17) is 4.74 Å². The molecule has 0 unspecified atom stereocenters. The zero-order chi connectivity index (χ0) is 23.1. The van der Waals surface area contributed by atoms with Gasteiger partial charge in [-0.3, -0.25) is 9.10 Å². The number of sulfonamides is 1. The molecule has 0 radical (unpaired) electrons. The number of nitrogens with zero attached hydrogens (tertiary/aromatic N) is 1. The molecule has 0 aliphatic carbocycles. The molecule has 32 heavy (non-hydrogen) atoms. The zero-order valence-electron chi connectivity index (χ0n) is 18.5. The van der Waals surface area contributed by atoms with Crippen molar-refractivity contribution in [3.63, 3.8) is 0 Å². The first kappa shape index (κ1) is 23.3. The number of anilines is 2. The van der Waals surface area contributed by atoms with E-state index in [1.165, 1.54) is 0 Å². The van der Waals surface area contributed by atoms with Gasteiger partial charge in [0.15, 0.2) is 0 Å². The third-order valence-corrected chi connectivity index (χ3v) is 6.06. The van der Waals surface area contributed by atoms with Gasteiger partial charge in [0.05, 0.1) is 11.9 Å². The van der Waals surface area contributed by atoms with Crippen LogP contribution >= 0.6 is 0 Å². The first-order valence-corrected chi connectivity index (χ1v) is 12.2. The van der Waals surface area contributed by atoms with Gasteiger partial charge in [0, 0.05) is 5.69 Å². The topological polar surface area (TPSA) is 75.7 Å². The predicted molar refractivity (Wildman–Crippen MR) is 129 cm³/mol. The van der Waals surface area contributed by atoms with Gasteiger partial charge in [0.25, 0.3) is 0 Å². The van der Waals surface area contributed by atoms with Crippen molar-refractivity contribution in [2.45, 2.75) is 26.4 Å². The van der Waals surface area contributed by atoms with Crippen LogP contribution in [0.5, 0.6) is 5.75 Å². The number of benzene rings is 3. The summed E-state index contributed by atoms with van der Waals surface area (Å²) in [6.45, 7) is 4.27. The number of carbonyl (C=O) groups is 1. The third-order valence-electron chi connectivity index (χ3n) is 4.92. The molecule has 6 nitrogen and oxygen atoms in total. The lowest BCUT2D eigenvalue weighted by molar-refractivity contribution is -0.114. The third kappa shape index (κ3) is 6.59. The summed E-state index contributed by atoms with van der Waals surface area (Å²) in [4.78, 5) is 12.5. The van der Waals surface area contributed by atoms with Gasteiger partial charge in [-0.15, -0.1) is 0 Å². The minimum absolute atomic E-state index is 0.324. The lowest BCUT2D eigenvalue weighted by Gasteiger charge is -2.22. The van der Waals surface area contributed by atoms with Crippen molar-refractivity contribution in [3.8, 4) is 5.75 Å². The van der Waals surface area contributed by atoms with E-state index in [1.807, 2.05) is 54.6 Å². The highest BCUT2D eigenvalue weighted by Gasteiger charge is 2.21. The van der Waals surface area contributed by atoms with E-state index in [9.17, 15) is 13.2 Å². The lowest BCUT2D eigenvalue weighted by atomic mass is 10.0. The van der Waals surface area contributed by atoms with Crippen molar-refractivity contribution in [3.05, 3.63) is 90.0 Å². The maximum Gasteiger partial charge on any atom is 0.245 e. The van der Waals surface area contributed by atoms with E-state index < -0.39 is 15.9 Å². The fraction of sp³-hybridized carbons (Fsp3) is 0.240. The van der Waals surface area contributed by atoms with Gasteiger partial charge in [-0.05, 0) is 53.4 Å². The van der Waals surface area contributed by atoms with Crippen LogP contribution in [0.25, 0.3) is 0 Å². The lowest BCUT2D eigenvalue weighted by Crippen LogP contribution is -2.37. The molecule has 0 saturated heterocycles. The molecule has 0 aliphatic rings. The van der Waals surface area contributed by atoms with Gasteiger partial charge in [-0.1, -0.05) is 56.3 Å². The average molecular weight is 453 g/mol. The Kier molecular flexibility index (Phi) is 7.53. The van der Waals surface area contributed by atoms with Gasteiger partial charge in [0.2, 0.25) is 15.9 Å². The van der Waals surface area contributed by atoms with E-state index in [2.05, 4.69) is 19.2 Å². The molecule has 0 aliphatic heterocycles. The van der Waals surface area contributed by atoms with Crippen molar-refractivity contribution in [2.24, 2.45) is 0 Å². The van der Waals surface area contributed by atoms with Crippen LogP contribution in [-0.2, 0) is 21.4 Å². The Morgan fingerprint density at radius 3 is 2.12 bits per heavy atom. The molecule has 1 N–H and O–H groups in total. The van der Waals surface area contributed by atoms with Crippen molar-refractivity contribution < 1.29 is 17.9 Å². The molecule has 7 heteroatoms. The number of hydrogen-bond donors (Lipinski definition) is 1. The smallest absolute Gasteiger partial charge is 0.245 e. The highest BCUT2D eigenvalue weighted by Crippen LogP contribution is 2.23. The second-order valence-electron chi connectivity index (χ2n) is 7.86. The Hall–Kier alpha value is -3.32. The fourth-order valence-electron chi connectivity index (χ4n) is 3.13. The Labute approximate surface area is 189 Å². The SMILES string of the molecule is CC(C)c1ccc(NC(=O)CN(c2ccc(OCc3ccccc3)cc2)S(C)(=O)=O)cc1. The molecule has 3 aromatic rings. The molecular formula is C25H28N2O4S. The van der Waals surface area contributed by atoms with Crippen molar-refractivity contribution in [1.29, 1.82) is 0 Å². The molecule has 168 valence electrons. The molecule has 3 rings (SSSR count). The highest BCUT2D eigenvalue weighted by molar-refractivity contribution is 7.92. The number of rotatable bonds is 9. The molecule has 0 spiro atoms. The normalized spacial score (nSPS) is 11.2. The summed E-state index contributed by atoms with van der Waals surface area (Å²) in [5.74, 6) is 0.581. The summed E-state index contributed by atoms with van der Waals surface area (Å²) in [6.07, 6.45) is 1.08. The molecule has 3 aromatic carbocycles. The zero-order valence-corrected chi connectivity index (χ0v) is 19.3. The summed E-state index contributed by atoms with van der Waals surface area (Å²) < 4.78 is 31.5. The molecule has 0 heterocycles. The quantitative estimate of drug-likeness (QED) is 0.506.